The number of fused-ring (bicyclic) bond motifs is 1. The second-order valence-electron chi connectivity index (χ2n) is 5.02. The van der Waals surface area contributed by atoms with Gasteiger partial charge in [0.05, 0.1) is 7.11 Å². The summed E-state index contributed by atoms with van der Waals surface area (Å²) in [5.74, 6) is -0.284. The number of ether oxygens (including phenoxy) is 1. The van der Waals surface area contributed by atoms with Crippen LogP contribution in [0.25, 0.3) is 0 Å². The molecule has 1 unspecified atom stereocenters. The first-order valence-corrected chi connectivity index (χ1v) is 7.96. The van der Waals surface area contributed by atoms with Gasteiger partial charge in [0, 0.05) is 17.3 Å². The molecular formula is C15H21NO3S. The third-order valence-electron chi connectivity index (χ3n) is 4.01. The van der Waals surface area contributed by atoms with Crippen LogP contribution in [-0.4, -0.2) is 30.4 Å². The molecule has 0 aliphatic carbocycles. The Morgan fingerprint density at radius 2 is 2.15 bits per heavy atom. The van der Waals surface area contributed by atoms with E-state index in [0.717, 1.165) is 24.8 Å². The largest absolute Gasteiger partial charge is 0.467 e. The summed E-state index contributed by atoms with van der Waals surface area (Å²) in [6.07, 6.45) is 2.43. The zero-order chi connectivity index (χ0) is 14.7. The number of hydrogen-bond acceptors (Lipinski definition) is 4. The van der Waals surface area contributed by atoms with E-state index in [1.165, 1.54) is 12.0 Å². The number of carbonyl (C=O) groups excluding carboxylic acids is 2. The summed E-state index contributed by atoms with van der Waals surface area (Å²) in [6, 6.07) is 1.37. The normalized spacial score (nSPS) is 18.0. The molecule has 1 aliphatic rings. The van der Waals surface area contributed by atoms with Crippen molar-refractivity contribution in [1.29, 1.82) is 0 Å². The Morgan fingerprint density at radius 3 is 2.75 bits per heavy atom. The first-order chi connectivity index (χ1) is 9.63. The number of esters is 1. The van der Waals surface area contributed by atoms with Gasteiger partial charge in [-0.15, -0.1) is 11.3 Å². The van der Waals surface area contributed by atoms with Crippen molar-refractivity contribution in [3.63, 3.8) is 0 Å². The Hall–Kier alpha value is -1.36. The van der Waals surface area contributed by atoms with Crippen LogP contribution in [0.1, 0.15) is 43.2 Å². The lowest BCUT2D eigenvalue weighted by Gasteiger charge is -2.36. The van der Waals surface area contributed by atoms with E-state index in [0.29, 0.717) is 6.54 Å². The summed E-state index contributed by atoms with van der Waals surface area (Å²) in [6.45, 7) is 4.63. The minimum atomic E-state index is -0.567. The van der Waals surface area contributed by atoms with E-state index in [9.17, 15) is 9.59 Å². The Morgan fingerprint density at radius 1 is 1.45 bits per heavy atom. The Kier molecular flexibility index (Phi) is 4.81. The second kappa shape index (κ2) is 6.39. The molecule has 1 aromatic rings. The minimum absolute atomic E-state index is 0.0117. The molecule has 0 aromatic carbocycles. The highest BCUT2D eigenvalue weighted by Gasteiger charge is 2.38. The third kappa shape index (κ3) is 2.59. The molecule has 110 valence electrons. The molecule has 0 saturated heterocycles. The molecule has 0 fully saturated rings. The van der Waals surface area contributed by atoms with Gasteiger partial charge in [0.15, 0.2) is 6.04 Å². The first-order valence-electron chi connectivity index (χ1n) is 7.08. The van der Waals surface area contributed by atoms with Crippen LogP contribution in [-0.2, 0) is 20.7 Å². The highest BCUT2D eigenvalue weighted by molar-refractivity contribution is 7.10. The number of methoxy groups -OCH3 is 1. The van der Waals surface area contributed by atoms with Crippen molar-refractivity contribution < 1.29 is 14.3 Å². The van der Waals surface area contributed by atoms with E-state index in [1.807, 2.05) is 25.3 Å². The van der Waals surface area contributed by atoms with Gasteiger partial charge in [0.25, 0.3) is 0 Å². The SMILES string of the molecule is CCC(CC)C(=O)N1CCc2sccc2C1C(=O)OC. The van der Waals surface area contributed by atoms with Gasteiger partial charge in [0.1, 0.15) is 0 Å². The summed E-state index contributed by atoms with van der Waals surface area (Å²) < 4.78 is 4.92. The van der Waals surface area contributed by atoms with E-state index in [4.69, 9.17) is 4.74 Å². The van der Waals surface area contributed by atoms with Crippen LogP contribution in [0.2, 0.25) is 0 Å². The molecule has 0 radical (unpaired) electrons. The fourth-order valence-electron chi connectivity index (χ4n) is 2.79. The number of nitrogens with zero attached hydrogens (tertiary/aromatic N) is 1. The number of rotatable bonds is 4. The summed E-state index contributed by atoms with van der Waals surface area (Å²) >= 11 is 1.64. The van der Waals surface area contributed by atoms with Crippen LogP contribution in [0, 0.1) is 5.92 Å². The molecule has 1 amide bonds. The lowest BCUT2D eigenvalue weighted by molar-refractivity contribution is -0.155. The number of amides is 1. The van der Waals surface area contributed by atoms with Crippen molar-refractivity contribution >= 4 is 23.2 Å². The fraction of sp³-hybridized carbons (Fsp3) is 0.600. The van der Waals surface area contributed by atoms with Crippen LogP contribution in [0.15, 0.2) is 11.4 Å². The lowest BCUT2D eigenvalue weighted by Crippen LogP contribution is -2.45. The predicted molar refractivity (Wildman–Crippen MR) is 78.6 cm³/mol. The van der Waals surface area contributed by atoms with Gasteiger partial charge in [-0.05, 0) is 36.3 Å². The van der Waals surface area contributed by atoms with Crippen LogP contribution in [0.4, 0.5) is 0 Å². The van der Waals surface area contributed by atoms with Crippen molar-refractivity contribution in [2.24, 2.45) is 5.92 Å². The molecule has 1 aromatic heterocycles. The van der Waals surface area contributed by atoms with Gasteiger partial charge in [-0.1, -0.05) is 13.8 Å². The van der Waals surface area contributed by atoms with Crippen molar-refractivity contribution in [3.8, 4) is 0 Å². The van der Waals surface area contributed by atoms with E-state index in [-0.39, 0.29) is 17.8 Å². The number of hydrogen-bond donors (Lipinski definition) is 0. The highest BCUT2D eigenvalue weighted by atomic mass is 32.1. The zero-order valence-electron chi connectivity index (χ0n) is 12.2. The molecule has 1 aliphatic heterocycles. The third-order valence-corrected chi connectivity index (χ3v) is 5.00. The summed E-state index contributed by atoms with van der Waals surface area (Å²) in [7, 11) is 1.38. The van der Waals surface area contributed by atoms with E-state index in [2.05, 4.69) is 0 Å². The Balaban J connectivity index is 2.33. The molecule has 2 rings (SSSR count). The van der Waals surface area contributed by atoms with Crippen molar-refractivity contribution in [2.45, 2.75) is 39.2 Å². The zero-order valence-corrected chi connectivity index (χ0v) is 13.0. The molecule has 0 bridgehead atoms. The highest BCUT2D eigenvalue weighted by Crippen LogP contribution is 2.35. The average molecular weight is 295 g/mol. The summed E-state index contributed by atoms with van der Waals surface area (Å²) in [5, 5.41) is 1.98. The van der Waals surface area contributed by atoms with Gasteiger partial charge in [-0.2, -0.15) is 0 Å². The summed E-state index contributed by atoms with van der Waals surface area (Å²) in [5.41, 5.74) is 0.937. The second-order valence-corrected chi connectivity index (χ2v) is 6.02. The maximum Gasteiger partial charge on any atom is 0.333 e. The fourth-order valence-corrected chi connectivity index (χ4v) is 3.70. The van der Waals surface area contributed by atoms with E-state index >= 15 is 0 Å². The molecule has 0 saturated carbocycles. The van der Waals surface area contributed by atoms with Gasteiger partial charge in [-0.3, -0.25) is 4.79 Å². The molecule has 5 heteroatoms. The topological polar surface area (TPSA) is 46.6 Å². The van der Waals surface area contributed by atoms with Crippen LogP contribution >= 0.6 is 11.3 Å². The maximum atomic E-state index is 12.6. The van der Waals surface area contributed by atoms with Crippen molar-refractivity contribution in [1.82, 2.24) is 4.90 Å². The summed E-state index contributed by atoms with van der Waals surface area (Å²) in [4.78, 5) is 27.7. The average Bonchev–Trinajstić information content (AvgIpc) is 2.94. The van der Waals surface area contributed by atoms with Crippen molar-refractivity contribution in [3.05, 3.63) is 21.9 Å². The quantitative estimate of drug-likeness (QED) is 0.802. The molecule has 4 nitrogen and oxygen atoms in total. The molecule has 2 heterocycles. The lowest BCUT2D eigenvalue weighted by atomic mass is 9.95. The number of carbonyl (C=O) groups is 2. The molecule has 0 N–H and O–H groups in total. The standard InChI is InChI=1S/C15H21NO3S/c1-4-10(5-2)14(17)16-8-6-12-11(7-9-20-12)13(16)15(18)19-3/h7,9-10,13H,4-6,8H2,1-3H3. The van der Waals surface area contributed by atoms with Crippen LogP contribution < -0.4 is 0 Å². The predicted octanol–water partition coefficient (Wildman–Crippen LogP) is 2.78. The maximum absolute atomic E-state index is 12.6. The molecule has 20 heavy (non-hydrogen) atoms. The van der Waals surface area contributed by atoms with Gasteiger partial charge < -0.3 is 9.64 Å². The molecular weight excluding hydrogens is 274 g/mol. The van der Waals surface area contributed by atoms with Crippen LogP contribution in [0.5, 0.6) is 0 Å². The molecule has 1 atom stereocenters. The minimum Gasteiger partial charge on any atom is -0.467 e. The van der Waals surface area contributed by atoms with Gasteiger partial charge in [-0.25, -0.2) is 4.79 Å². The Labute approximate surface area is 123 Å². The molecule has 0 spiro atoms. The smallest absolute Gasteiger partial charge is 0.333 e. The van der Waals surface area contributed by atoms with Gasteiger partial charge in [0.2, 0.25) is 5.91 Å². The van der Waals surface area contributed by atoms with Crippen LogP contribution in [0.3, 0.4) is 0 Å². The first kappa shape index (κ1) is 15.0. The van der Waals surface area contributed by atoms with Crippen molar-refractivity contribution in [2.75, 3.05) is 13.7 Å². The van der Waals surface area contributed by atoms with Gasteiger partial charge >= 0.3 is 5.97 Å². The Bertz CT molecular complexity index is 493. The van der Waals surface area contributed by atoms with E-state index in [1.54, 1.807) is 16.2 Å². The monoisotopic (exact) mass is 295 g/mol. The van der Waals surface area contributed by atoms with E-state index < -0.39 is 6.04 Å². The number of thiophene rings is 1.